The summed E-state index contributed by atoms with van der Waals surface area (Å²) in [5, 5.41) is 0. The van der Waals surface area contributed by atoms with Gasteiger partial charge in [-0.15, -0.1) is 0 Å². The molecule has 3 rings (SSSR count). The van der Waals surface area contributed by atoms with Gasteiger partial charge in [0.15, 0.2) is 0 Å². The van der Waals surface area contributed by atoms with E-state index in [1.54, 1.807) is 0 Å². The van der Waals surface area contributed by atoms with E-state index in [4.69, 9.17) is 0 Å². The van der Waals surface area contributed by atoms with Crippen molar-refractivity contribution in [1.29, 1.82) is 0 Å². The van der Waals surface area contributed by atoms with E-state index in [9.17, 15) is 13.2 Å². The van der Waals surface area contributed by atoms with Gasteiger partial charge in [0.1, 0.15) is 15.5 Å². The van der Waals surface area contributed by atoms with E-state index in [-0.39, 0.29) is 11.7 Å². The van der Waals surface area contributed by atoms with Crippen molar-refractivity contribution in [2.45, 2.75) is 0 Å². The van der Waals surface area contributed by atoms with E-state index in [0.29, 0.717) is 38.4 Å². The predicted molar refractivity (Wildman–Crippen MR) is 103 cm³/mol. The number of rotatable bonds is 5. The lowest BCUT2D eigenvalue weighted by Gasteiger charge is -2.34. The van der Waals surface area contributed by atoms with Gasteiger partial charge in [-0.05, 0) is 17.7 Å². The van der Waals surface area contributed by atoms with Crippen LogP contribution in [-0.4, -0.2) is 73.4 Å². The Labute approximate surface area is 154 Å². The molecule has 0 bridgehead atoms. The summed E-state index contributed by atoms with van der Waals surface area (Å²) in [7, 11) is -1.04. The Kier molecular flexibility index (Phi) is 5.48. The molecule has 1 aromatic carbocycles. The number of carbonyl (C=O) groups is 1. The molecule has 1 fully saturated rings. The van der Waals surface area contributed by atoms with Crippen molar-refractivity contribution in [3.8, 4) is 11.3 Å². The first-order chi connectivity index (χ1) is 12.3. The van der Waals surface area contributed by atoms with Crippen LogP contribution in [0.4, 0.5) is 0 Å². The third-order valence-electron chi connectivity index (χ3n) is 4.85. The highest BCUT2D eigenvalue weighted by atomic mass is 32.2. The Morgan fingerprint density at radius 2 is 1.65 bits per heavy atom. The quantitative estimate of drug-likeness (QED) is 0.794. The zero-order valence-corrected chi connectivity index (χ0v) is 16.1. The number of carbonyl (C=O) groups excluding carboxylic acids is 1. The van der Waals surface area contributed by atoms with Gasteiger partial charge in [-0.1, -0.05) is 30.3 Å². The first-order valence-corrected chi connectivity index (χ1v) is 10.8. The number of aromatic nitrogens is 1. The first kappa shape index (κ1) is 18.7. The van der Waals surface area contributed by atoms with Gasteiger partial charge in [0.25, 0.3) is 5.91 Å². The fourth-order valence-electron chi connectivity index (χ4n) is 3.26. The lowest BCUT2D eigenvalue weighted by atomic mass is 10.2. The molecule has 6 nitrogen and oxygen atoms in total. The van der Waals surface area contributed by atoms with Crippen molar-refractivity contribution in [3.63, 3.8) is 0 Å². The summed E-state index contributed by atoms with van der Waals surface area (Å²) in [4.78, 5) is 16.8. The van der Waals surface area contributed by atoms with Crippen molar-refractivity contribution in [2.75, 3.05) is 44.7 Å². The Balaban J connectivity index is 1.64. The highest BCUT2D eigenvalue weighted by molar-refractivity contribution is 7.90. The average molecular weight is 375 g/mol. The second kappa shape index (κ2) is 7.63. The van der Waals surface area contributed by atoms with Crippen LogP contribution in [0.25, 0.3) is 11.3 Å². The van der Waals surface area contributed by atoms with Gasteiger partial charge in [-0.3, -0.25) is 9.69 Å². The molecule has 0 aliphatic carbocycles. The Bertz CT molecular complexity index is 867. The molecule has 1 amide bonds. The smallest absolute Gasteiger partial charge is 0.270 e. The summed E-state index contributed by atoms with van der Waals surface area (Å²) in [5.41, 5.74) is 2.77. The van der Waals surface area contributed by atoms with Crippen molar-refractivity contribution in [2.24, 2.45) is 7.05 Å². The molecule has 0 atom stereocenters. The maximum atomic E-state index is 12.9. The van der Waals surface area contributed by atoms with Gasteiger partial charge >= 0.3 is 0 Å². The average Bonchev–Trinajstić information content (AvgIpc) is 3.01. The highest BCUT2D eigenvalue weighted by Crippen LogP contribution is 2.22. The number of nitrogens with zero attached hydrogens (tertiary/aromatic N) is 3. The predicted octanol–water partition coefficient (Wildman–Crippen LogP) is 1.49. The summed E-state index contributed by atoms with van der Waals surface area (Å²) in [5.74, 6) is 0.191. The monoisotopic (exact) mass is 375 g/mol. The van der Waals surface area contributed by atoms with Crippen LogP contribution in [-0.2, 0) is 16.9 Å². The minimum atomic E-state index is -2.95. The minimum Gasteiger partial charge on any atom is -0.340 e. The minimum absolute atomic E-state index is 0.0254. The number of benzene rings is 1. The molecule has 1 aromatic heterocycles. The van der Waals surface area contributed by atoms with Gasteiger partial charge in [-0.25, -0.2) is 8.42 Å². The maximum absolute atomic E-state index is 12.9. The molecule has 0 radical (unpaired) electrons. The van der Waals surface area contributed by atoms with E-state index in [2.05, 4.69) is 4.90 Å². The maximum Gasteiger partial charge on any atom is 0.270 e. The van der Waals surface area contributed by atoms with Crippen molar-refractivity contribution < 1.29 is 13.2 Å². The molecular formula is C19H25N3O3S. The summed E-state index contributed by atoms with van der Waals surface area (Å²) < 4.78 is 24.5. The fraction of sp³-hybridized carbons (Fsp3) is 0.421. The van der Waals surface area contributed by atoms with Gasteiger partial charge < -0.3 is 9.47 Å². The molecule has 140 valence electrons. The SMILES string of the molecule is Cn1c(C(=O)N2CCN(CCS(C)(=O)=O)CC2)ccc1-c1ccccc1. The zero-order chi connectivity index (χ0) is 18.7. The Morgan fingerprint density at radius 1 is 1.00 bits per heavy atom. The molecule has 0 N–H and O–H groups in total. The van der Waals surface area contributed by atoms with Gasteiger partial charge in [0.2, 0.25) is 0 Å². The summed E-state index contributed by atoms with van der Waals surface area (Å²) >= 11 is 0. The van der Waals surface area contributed by atoms with Gasteiger partial charge in [0.05, 0.1) is 5.75 Å². The molecule has 1 aliphatic rings. The number of hydrogen-bond acceptors (Lipinski definition) is 4. The molecule has 7 heteroatoms. The third kappa shape index (κ3) is 4.34. The number of hydrogen-bond donors (Lipinski definition) is 0. The van der Waals surface area contributed by atoms with Crippen molar-refractivity contribution >= 4 is 15.7 Å². The van der Waals surface area contributed by atoms with Crippen LogP contribution in [0.3, 0.4) is 0 Å². The zero-order valence-electron chi connectivity index (χ0n) is 15.3. The number of piperazine rings is 1. The van der Waals surface area contributed by atoms with E-state index in [1.165, 1.54) is 6.26 Å². The third-order valence-corrected chi connectivity index (χ3v) is 5.77. The van der Waals surface area contributed by atoms with Crippen LogP contribution in [0, 0.1) is 0 Å². The fourth-order valence-corrected chi connectivity index (χ4v) is 3.85. The van der Waals surface area contributed by atoms with Gasteiger partial charge in [0, 0.05) is 51.7 Å². The lowest BCUT2D eigenvalue weighted by Crippen LogP contribution is -2.49. The van der Waals surface area contributed by atoms with Crippen LogP contribution < -0.4 is 0 Å². The van der Waals surface area contributed by atoms with Crippen molar-refractivity contribution in [1.82, 2.24) is 14.4 Å². The second-order valence-corrected chi connectivity index (χ2v) is 9.05. The highest BCUT2D eigenvalue weighted by Gasteiger charge is 2.24. The first-order valence-electron chi connectivity index (χ1n) is 8.75. The normalized spacial score (nSPS) is 16.0. The Hall–Kier alpha value is -2.12. The molecule has 2 heterocycles. The standard InChI is InChI=1S/C19H25N3O3S/c1-20-17(16-6-4-3-5-7-16)8-9-18(20)19(23)22-12-10-21(11-13-22)14-15-26(2,24)25/h3-9H,10-15H2,1-2H3. The van der Waals surface area contributed by atoms with E-state index >= 15 is 0 Å². The Morgan fingerprint density at radius 3 is 2.27 bits per heavy atom. The molecule has 0 spiro atoms. The van der Waals surface area contributed by atoms with E-state index < -0.39 is 9.84 Å². The molecule has 0 unspecified atom stereocenters. The topological polar surface area (TPSA) is 62.6 Å². The van der Waals surface area contributed by atoms with Crippen molar-refractivity contribution in [3.05, 3.63) is 48.2 Å². The molecule has 1 saturated heterocycles. The number of sulfone groups is 1. The second-order valence-electron chi connectivity index (χ2n) is 6.79. The molecule has 2 aromatic rings. The molecule has 26 heavy (non-hydrogen) atoms. The van der Waals surface area contributed by atoms with E-state index in [0.717, 1.165) is 11.3 Å². The molecule has 0 saturated carbocycles. The van der Waals surface area contributed by atoms with Crippen LogP contribution >= 0.6 is 0 Å². The van der Waals surface area contributed by atoms with E-state index in [1.807, 2.05) is 59.0 Å². The van der Waals surface area contributed by atoms with Gasteiger partial charge in [-0.2, -0.15) is 0 Å². The van der Waals surface area contributed by atoms with Crippen LogP contribution in [0.5, 0.6) is 0 Å². The lowest BCUT2D eigenvalue weighted by molar-refractivity contribution is 0.0635. The number of amides is 1. The van der Waals surface area contributed by atoms with Crippen LogP contribution in [0.15, 0.2) is 42.5 Å². The largest absolute Gasteiger partial charge is 0.340 e. The summed E-state index contributed by atoms with van der Waals surface area (Å²) in [6.45, 7) is 3.18. The van der Waals surface area contributed by atoms with Crippen LogP contribution in [0.2, 0.25) is 0 Å². The summed E-state index contributed by atoms with van der Waals surface area (Å²) in [6, 6.07) is 13.9. The van der Waals surface area contributed by atoms with Crippen LogP contribution in [0.1, 0.15) is 10.5 Å². The molecular weight excluding hydrogens is 350 g/mol. The summed E-state index contributed by atoms with van der Waals surface area (Å²) in [6.07, 6.45) is 1.26. The molecule has 1 aliphatic heterocycles.